The number of hydrogen-bond donors (Lipinski definition) is 2. The summed E-state index contributed by atoms with van der Waals surface area (Å²) in [5.41, 5.74) is 4.51. The predicted octanol–water partition coefficient (Wildman–Crippen LogP) is 4.16. The molecule has 4 aromatic rings. The van der Waals surface area contributed by atoms with E-state index in [1.807, 2.05) is 40.1 Å². The van der Waals surface area contributed by atoms with Crippen LogP contribution >= 0.6 is 0 Å². The summed E-state index contributed by atoms with van der Waals surface area (Å²) >= 11 is 0. The summed E-state index contributed by atoms with van der Waals surface area (Å²) in [6.07, 6.45) is 8.12. The van der Waals surface area contributed by atoms with Gasteiger partial charge in [-0.15, -0.1) is 10.2 Å². The number of anilines is 2. The number of amides is 1. The zero-order chi connectivity index (χ0) is 29.3. The summed E-state index contributed by atoms with van der Waals surface area (Å²) in [5.74, 6) is 0.558. The van der Waals surface area contributed by atoms with E-state index in [9.17, 15) is 4.79 Å². The number of rotatable bonds is 6. The van der Waals surface area contributed by atoms with Gasteiger partial charge in [0.15, 0.2) is 0 Å². The fourth-order valence-corrected chi connectivity index (χ4v) is 5.53. The van der Waals surface area contributed by atoms with Crippen LogP contribution in [0.5, 0.6) is 0 Å². The van der Waals surface area contributed by atoms with E-state index in [0.717, 1.165) is 73.6 Å². The Morgan fingerprint density at radius 2 is 1.93 bits per heavy atom. The molecule has 6 rings (SSSR count). The zero-order valence-corrected chi connectivity index (χ0v) is 24.5. The number of fused-ring (bicyclic) bond motifs is 1. The van der Waals surface area contributed by atoms with Crippen molar-refractivity contribution in [1.82, 2.24) is 40.2 Å². The molecule has 12 heteroatoms. The normalized spacial score (nSPS) is 18.3. The van der Waals surface area contributed by atoms with E-state index in [1.54, 1.807) is 17.1 Å². The first-order valence-corrected chi connectivity index (χ1v) is 14.4. The second-order valence-electron chi connectivity index (χ2n) is 12.0. The van der Waals surface area contributed by atoms with Gasteiger partial charge in [0.1, 0.15) is 0 Å². The molecule has 1 fully saturated rings. The molecule has 1 aromatic carbocycles. The first-order chi connectivity index (χ1) is 20.2. The van der Waals surface area contributed by atoms with Crippen molar-refractivity contribution in [3.63, 3.8) is 0 Å². The Morgan fingerprint density at radius 3 is 2.67 bits per heavy atom. The predicted molar refractivity (Wildman–Crippen MR) is 156 cm³/mol. The van der Waals surface area contributed by atoms with Crippen LogP contribution in [0.3, 0.4) is 0 Å². The number of aryl methyl sites for hydroxylation is 1. The number of benzene rings is 1. The molecule has 3 aromatic heterocycles. The average molecular weight is 572 g/mol. The molecule has 12 nitrogen and oxygen atoms in total. The third kappa shape index (κ3) is 6.19. The Kier molecular flexibility index (Phi) is 7.74. The lowest BCUT2D eigenvalue weighted by Crippen LogP contribution is -2.39. The second kappa shape index (κ2) is 11.6. The summed E-state index contributed by atoms with van der Waals surface area (Å²) in [6.45, 7) is 9.10. The van der Waals surface area contributed by atoms with Crippen LogP contribution in [0.25, 0.3) is 11.3 Å². The first-order valence-electron chi connectivity index (χ1n) is 14.4. The average Bonchev–Trinajstić information content (AvgIpc) is 3.61. The molecule has 1 amide bonds. The molecule has 2 aliphatic rings. The van der Waals surface area contributed by atoms with Crippen molar-refractivity contribution in [2.45, 2.75) is 64.1 Å². The van der Waals surface area contributed by atoms with Gasteiger partial charge in [0, 0.05) is 62.8 Å². The Balaban J connectivity index is 1.29. The molecule has 0 aliphatic carbocycles. The molecule has 5 heterocycles. The van der Waals surface area contributed by atoms with Gasteiger partial charge < -0.3 is 19.8 Å². The molecular formula is C30H37N9O3. The molecule has 2 aliphatic heterocycles. The maximum atomic E-state index is 13.3. The van der Waals surface area contributed by atoms with Crippen molar-refractivity contribution < 1.29 is 13.9 Å². The monoisotopic (exact) mass is 571 g/mol. The Bertz CT molecular complexity index is 1550. The molecule has 0 unspecified atom stereocenters. The molecule has 2 N–H and O–H groups in total. The van der Waals surface area contributed by atoms with E-state index in [-0.39, 0.29) is 23.3 Å². The van der Waals surface area contributed by atoms with Crippen LogP contribution in [0.2, 0.25) is 0 Å². The number of carbonyl (C=O) groups excluding carboxylic acids is 1. The van der Waals surface area contributed by atoms with Crippen molar-refractivity contribution in [1.29, 1.82) is 0 Å². The maximum absolute atomic E-state index is 13.3. The molecule has 220 valence electrons. The smallest absolute Gasteiger partial charge is 0.309 e. The summed E-state index contributed by atoms with van der Waals surface area (Å²) in [7, 11) is 1.86. The van der Waals surface area contributed by atoms with Crippen LogP contribution in [0.4, 0.5) is 11.6 Å². The topological polar surface area (TPSA) is 136 Å². The van der Waals surface area contributed by atoms with Crippen molar-refractivity contribution >= 4 is 17.5 Å². The highest BCUT2D eigenvalue weighted by molar-refractivity contribution is 5.89. The van der Waals surface area contributed by atoms with Crippen molar-refractivity contribution in [2.24, 2.45) is 7.05 Å². The number of nitrogens with zero attached hydrogens (tertiary/aromatic N) is 7. The van der Waals surface area contributed by atoms with Gasteiger partial charge in [0.05, 0.1) is 23.6 Å². The van der Waals surface area contributed by atoms with Gasteiger partial charge >= 0.3 is 11.8 Å². The standard InChI is InChI=1S/C30H37N9O3/c1-30(2,3)28-37-36-27(42-28)26(40)34-25-8-12-39(22-9-13-41-14-10-22)17-20-15-19(5-6-23(20)25)24-7-11-31-29(35-24)33-21-16-32-38(4)18-21/h5-7,11,15-16,18,22,25H,8-10,12-14,17H2,1-4H3,(H,34,40)(H,31,33,35)/t25-/m0/s1. The van der Waals surface area contributed by atoms with Crippen LogP contribution in [0.1, 0.15) is 73.8 Å². The van der Waals surface area contributed by atoms with E-state index < -0.39 is 0 Å². The van der Waals surface area contributed by atoms with Crippen LogP contribution < -0.4 is 10.6 Å². The minimum atomic E-state index is -0.362. The van der Waals surface area contributed by atoms with Gasteiger partial charge in [-0.3, -0.25) is 14.4 Å². The number of nitrogens with one attached hydrogen (secondary N) is 2. The van der Waals surface area contributed by atoms with E-state index in [4.69, 9.17) is 14.1 Å². The molecule has 42 heavy (non-hydrogen) atoms. The van der Waals surface area contributed by atoms with Crippen LogP contribution in [0, 0.1) is 0 Å². The lowest BCUT2D eigenvalue weighted by atomic mass is 9.96. The summed E-state index contributed by atoms with van der Waals surface area (Å²) in [4.78, 5) is 25.0. The summed E-state index contributed by atoms with van der Waals surface area (Å²) < 4.78 is 13.1. The SMILES string of the molecule is Cn1cc(Nc2nccc(-c3ccc4c(c3)CN(C3CCOCC3)CC[C@@H]4NC(=O)c3nnc(C(C)(C)C)o3)n2)cn1. The van der Waals surface area contributed by atoms with Gasteiger partial charge in [-0.2, -0.15) is 5.10 Å². The minimum Gasteiger partial charge on any atom is -0.416 e. The van der Waals surface area contributed by atoms with E-state index in [1.165, 1.54) is 0 Å². The second-order valence-corrected chi connectivity index (χ2v) is 12.0. The number of aromatic nitrogens is 6. The third-order valence-corrected chi connectivity index (χ3v) is 7.78. The lowest BCUT2D eigenvalue weighted by molar-refractivity contribution is 0.0309. The Hall–Kier alpha value is -4.16. The van der Waals surface area contributed by atoms with Crippen LogP contribution in [-0.4, -0.2) is 66.6 Å². The zero-order valence-electron chi connectivity index (χ0n) is 24.5. The van der Waals surface area contributed by atoms with Crippen molar-refractivity contribution in [3.8, 4) is 11.3 Å². The fourth-order valence-electron chi connectivity index (χ4n) is 5.53. The van der Waals surface area contributed by atoms with Gasteiger partial charge in [0.2, 0.25) is 11.8 Å². The van der Waals surface area contributed by atoms with E-state index in [2.05, 4.69) is 54.0 Å². The molecule has 0 saturated carbocycles. The van der Waals surface area contributed by atoms with Gasteiger partial charge in [-0.25, -0.2) is 9.97 Å². The van der Waals surface area contributed by atoms with E-state index >= 15 is 0 Å². The molecular weight excluding hydrogens is 534 g/mol. The highest BCUT2D eigenvalue weighted by Crippen LogP contribution is 2.33. The Morgan fingerprint density at radius 1 is 1.10 bits per heavy atom. The number of ether oxygens (including phenoxy) is 1. The fraction of sp³-hybridized carbons (Fsp3) is 0.467. The van der Waals surface area contributed by atoms with Gasteiger partial charge in [0.25, 0.3) is 0 Å². The molecule has 1 atom stereocenters. The maximum Gasteiger partial charge on any atom is 0.309 e. The molecule has 0 bridgehead atoms. The number of hydrogen-bond acceptors (Lipinski definition) is 10. The van der Waals surface area contributed by atoms with Gasteiger partial charge in [-0.1, -0.05) is 32.9 Å². The van der Waals surface area contributed by atoms with E-state index in [0.29, 0.717) is 17.9 Å². The first kappa shape index (κ1) is 28.0. The highest BCUT2D eigenvalue weighted by Gasteiger charge is 2.31. The Labute approximate surface area is 244 Å². The van der Waals surface area contributed by atoms with Crippen LogP contribution in [0.15, 0.2) is 47.3 Å². The summed E-state index contributed by atoms with van der Waals surface area (Å²) in [6, 6.07) is 8.49. The highest BCUT2D eigenvalue weighted by atomic mass is 16.5. The lowest BCUT2D eigenvalue weighted by Gasteiger charge is -2.33. The van der Waals surface area contributed by atoms with Crippen molar-refractivity contribution in [2.75, 3.05) is 25.1 Å². The summed E-state index contributed by atoms with van der Waals surface area (Å²) in [5, 5.41) is 18.7. The largest absolute Gasteiger partial charge is 0.416 e. The molecule has 0 radical (unpaired) electrons. The minimum absolute atomic E-state index is 0.0155. The van der Waals surface area contributed by atoms with Gasteiger partial charge in [-0.05, 0) is 42.5 Å². The third-order valence-electron chi connectivity index (χ3n) is 7.78. The quantitative estimate of drug-likeness (QED) is 0.347. The molecule has 1 saturated heterocycles. The van der Waals surface area contributed by atoms with Crippen molar-refractivity contribution in [3.05, 3.63) is 65.8 Å². The molecule has 0 spiro atoms. The van der Waals surface area contributed by atoms with Crippen LogP contribution in [-0.2, 0) is 23.7 Å². The number of carbonyl (C=O) groups is 1.